The van der Waals surface area contributed by atoms with E-state index in [-0.39, 0.29) is 31.1 Å². The van der Waals surface area contributed by atoms with Gasteiger partial charge < -0.3 is 19.5 Å². The second kappa shape index (κ2) is 7.76. The molecule has 2 saturated heterocycles. The first-order valence-electron chi connectivity index (χ1n) is 10.6. The van der Waals surface area contributed by atoms with Crippen LogP contribution in [-0.4, -0.2) is 54.5 Å². The molecule has 5 rings (SSSR count). The van der Waals surface area contributed by atoms with Crippen molar-refractivity contribution in [1.82, 2.24) is 4.90 Å². The minimum atomic E-state index is -0.871. The number of rotatable bonds is 4. The molecule has 2 heterocycles. The highest BCUT2D eigenvalue weighted by Crippen LogP contribution is 2.44. The Morgan fingerprint density at radius 2 is 1.70 bits per heavy atom. The van der Waals surface area contributed by atoms with Crippen LogP contribution in [-0.2, 0) is 14.3 Å². The van der Waals surface area contributed by atoms with E-state index in [4.69, 9.17) is 9.47 Å². The van der Waals surface area contributed by atoms with Crippen LogP contribution in [0.3, 0.4) is 0 Å². The predicted molar refractivity (Wildman–Crippen MR) is 110 cm³/mol. The summed E-state index contributed by atoms with van der Waals surface area (Å²) in [6.45, 7) is 1.46. The van der Waals surface area contributed by atoms with E-state index in [2.05, 4.69) is 24.3 Å². The summed E-state index contributed by atoms with van der Waals surface area (Å²) in [5.41, 5.74) is 4.68. The molecule has 2 aromatic rings. The van der Waals surface area contributed by atoms with Crippen molar-refractivity contribution in [3.8, 4) is 11.1 Å². The largest absolute Gasteiger partial charge is 0.481 e. The first-order valence-corrected chi connectivity index (χ1v) is 10.6. The summed E-state index contributed by atoms with van der Waals surface area (Å²) in [6, 6.07) is 16.4. The first-order chi connectivity index (χ1) is 14.6. The van der Waals surface area contributed by atoms with E-state index in [1.807, 2.05) is 24.3 Å². The fourth-order valence-corrected chi connectivity index (χ4v) is 5.24. The molecule has 0 bridgehead atoms. The topological polar surface area (TPSA) is 76.1 Å². The number of hydrogen-bond donors (Lipinski definition) is 1. The van der Waals surface area contributed by atoms with Gasteiger partial charge in [0.05, 0.1) is 12.0 Å². The molecule has 2 aromatic carbocycles. The number of carboxylic acids is 1. The van der Waals surface area contributed by atoms with Crippen molar-refractivity contribution in [2.75, 3.05) is 26.3 Å². The Bertz CT molecular complexity index is 922. The van der Waals surface area contributed by atoms with Crippen molar-refractivity contribution in [2.45, 2.75) is 24.9 Å². The lowest BCUT2D eigenvalue weighted by Gasteiger charge is -2.21. The number of likely N-dealkylation sites (tertiary alicyclic amines) is 1. The summed E-state index contributed by atoms with van der Waals surface area (Å²) >= 11 is 0. The van der Waals surface area contributed by atoms with Crippen LogP contribution in [0.5, 0.6) is 0 Å². The quantitative estimate of drug-likeness (QED) is 0.835. The third-order valence-corrected chi connectivity index (χ3v) is 6.72. The van der Waals surface area contributed by atoms with E-state index >= 15 is 0 Å². The maximum atomic E-state index is 12.8. The average Bonchev–Trinajstić information content (AvgIpc) is 3.49. The second-order valence-corrected chi connectivity index (χ2v) is 8.37. The van der Waals surface area contributed by atoms with E-state index in [0.29, 0.717) is 13.2 Å². The Balaban J connectivity index is 1.29. The van der Waals surface area contributed by atoms with Gasteiger partial charge in [0.1, 0.15) is 6.61 Å². The zero-order valence-corrected chi connectivity index (χ0v) is 16.7. The number of carboxylic acid groups (broad SMARTS) is 1. The predicted octanol–water partition coefficient (Wildman–Crippen LogP) is 3.75. The second-order valence-electron chi connectivity index (χ2n) is 8.37. The van der Waals surface area contributed by atoms with Crippen LogP contribution in [0.1, 0.15) is 29.9 Å². The maximum absolute atomic E-state index is 12.8. The lowest BCUT2D eigenvalue weighted by molar-refractivity contribution is -0.143. The van der Waals surface area contributed by atoms with Crippen LogP contribution in [0, 0.1) is 11.8 Å². The minimum absolute atomic E-state index is 0.00631. The first kappa shape index (κ1) is 19.1. The SMILES string of the molecule is O=C(O)C1CN(C(=O)OCC2c3ccccc3-c3ccccc32)CC1C1CCCO1. The van der Waals surface area contributed by atoms with Crippen LogP contribution >= 0.6 is 0 Å². The van der Waals surface area contributed by atoms with Crippen LogP contribution in [0.2, 0.25) is 0 Å². The molecule has 0 saturated carbocycles. The molecule has 2 aliphatic heterocycles. The zero-order chi connectivity index (χ0) is 20.7. The van der Waals surface area contributed by atoms with Crippen molar-refractivity contribution in [1.29, 1.82) is 0 Å². The highest BCUT2D eigenvalue weighted by molar-refractivity contribution is 5.79. The van der Waals surface area contributed by atoms with Crippen molar-refractivity contribution in [3.63, 3.8) is 0 Å². The van der Waals surface area contributed by atoms with E-state index in [1.54, 1.807) is 0 Å². The van der Waals surface area contributed by atoms with Gasteiger partial charge in [-0.05, 0) is 35.1 Å². The highest BCUT2D eigenvalue weighted by atomic mass is 16.6. The van der Waals surface area contributed by atoms with Gasteiger partial charge in [-0.1, -0.05) is 48.5 Å². The van der Waals surface area contributed by atoms with Gasteiger partial charge in [0.15, 0.2) is 0 Å². The molecule has 0 spiro atoms. The van der Waals surface area contributed by atoms with Crippen molar-refractivity contribution in [3.05, 3.63) is 59.7 Å². The summed E-state index contributed by atoms with van der Waals surface area (Å²) in [5.74, 6) is -1.66. The number of carbonyl (C=O) groups is 2. The number of ether oxygens (including phenoxy) is 2. The van der Waals surface area contributed by atoms with Crippen LogP contribution in [0.25, 0.3) is 11.1 Å². The third kappa shape index (κ3) is 3.25. The molecule has 1 N–H and O–H groups in total. The van der Waals surface area contributed by atoms with Gasteiger partial charge in [-0.3, -0.25) is 4.79 Å². The fraction of sp³-hybridized carbons (Fsp3) is 0.417. The number of nitrogens with zero attached hydrogens (tertiary/aromatic N) is 1. The lowest BCUT2D eigenvalue weighted by Crippen LogP contribution is -2.32. The molecule has 2 fully saturated rings. The van der Waals surface area contributed by atoms with Gasteiger partial charge in [0.25, 0.3) is 0 Å². The number of benzene rings is 2. The number of fused-ring (bicyclic) bond motifs is 3. The maximum Gasteiger partial charge on any atom is 0.409 e. The average molecular weight is 407 g/mol. The molecule has 3 atom stereocenters. The van der Waals surface area contributed by atoms with Gasteiger partial charge in [-0.15, -0.1) is 0 Å². The minimum Gasteiger partial charge on any atom is -0.481 e. The van der Waals surface area contributed by atoms with Gasteiger partial charge in [0, 0.05) is 31.5 Å². The Labute approximate surface area is 175 Å². The number of amides is 1. The van der Waals surface area contributed by atoms with Gasteiger partial charge in [-0.25, -0.2) is 4.79 Å². The van der Waals surface area contributed by atoms with Gasteiger partial charge in [-0.2, -0.15) is 0 Å². The van der Waals surface area contributed by atoms with E-state index in [0.717, 1.165) is 24.0 Å². The smallest absolute Gasteiger partial charge is 0.409 e. The molecular weight excluding hydrogens is 382 g/mol. The van der Waals surface area contributed by atoms with Gasteiger partial charge >= 0.3 is 12.1 Å². The Morgan fingerprint density at radius 3 is 2.30 bits per heavy atom. The lowest BCUT2D eigenvalue weighted by atomic mass is 9.89. The van der Waals surface area contributed by atoms with Crippen LogP contribution in [0.15, 0.2) is 48.5 Å². The fourth-order valence-electron chi connectivity index (χ4n) is 5.24. The summed E-state index contributed by atoms with van der Waals surface area (Å²) in [7, 11) is 0. The van der Waals surface area contributed by atoms with Crippen molar-refractivity contribution in [2.24, 2.45) is 11.8 Å². The van der Waals surface area contributed by atoms with E-state index in [9.17, 15) is 14.7 Å². The Kier molecular flexibility index (Phi) is 4.95. The summed E-state index contributed by atoms with van der Waals surface area (Å²) in [5, 5.41) is 9.63. The Morgan fingerprint density at radius 1 is 1.03 bits per heavy atom. The molecule has 30 heavy (non-hydrogen) atoms. The zero-order valence-electron chi connectivity index (χ0n) is 16.7. The molecule has 6 heteroatoms. The third-order valence-electron chi connectivity index (χ3n) is 6.72. The molecule has 3 unspecified atom stereocenters. The molecule has 6 nitrogen and oxygen atoms in total. The molecule has 3 aliphatic rings. The molecule has 0 aromatic heterocycles. The molecular formula is C24H25NO5. The highest BCUT2D eigenvalue weighted by Gasteiger charge is 2.45. The normalized spacial score (nSPS) is 25.2. The summed E-state index contributed by atoms with van der Waals surface area (Å²) in [6.07, 6.45) is 1.27. The van der Waals surface area contributed by atoms with Crippen LogP contribution in [0.4, 0.5) is 4.79 Å². The molecule has 1 aliphatic carbocycles. The summed E-state index contributed by atoms with van der Waals surface area (Å²) < 4.78 is 11.4. The Hall–Kier alpha value is -2.86. The standard InChI is InChI=1S/C24H25NO5/c26-23(27)20-13-25(12-19(20)22-10-5-11-29-22)24(28)30-14-21-17-8-3-1-6-15(17)16-7-2-4-9-18(16)21/h1-4,6-9,19-22H,5,10-14H2,(H,26,27). The number of hydrogen-bond acceptors (Lipinski definition) is 4. The number of aliphatic carboxylic acids is 1. The van der Waals surface area contributed by atoms with Gasteiger partial charge in [0.2, 0.25) is 0 Å². The van der Waals surface area contributed by atoms with Crippen molar-refractivity contribution >= 4 is 12.1 Å². The van der Waals surface area contributed by atoms with E-state index in [1.165, 1.54) is 16.0 Å². The number of carbonyl (C=O) groups excluding carboxylic acids is 1. The monoisotopic (exact) mass is 407 g/mol. The van der Waals surface area contributed by atoms with Crippen molar-refractivity contribution < 1.29 is 24.2 Å². The van der Waals surface area contributed by atoms with E-state index < -0.39 is 18.0 Å². The molecule has 1 amide bonds. The molecule has 0 radical (unpaired) electrons. The summed E-state index contributed by atoms with van der Waals surface area (Å²) in [4.78, 5) is 26.1. The molecule has 156 valence electrons. The van der Waals surface area contributed by atoms with Crippen LogP contribution < -0.4 is 0 Å².